The number of nitrogens with one attached hydrogen (secondary N) is 4. The third kappa shape index (κ3) is 8.69. The summed E-state index contributed by atoms with van der Waals surface area (Å²) < 4.78 is 0. The molecule has 3 unspecified atom stereocenters. The summed E-state index contributed by atoms with van der Waals surface area (Å²) >= 11 is 0. The van der Waals surface area contributed by atoms with Crippen molar-refractivity contribution >= 4 is 40.5 Å². The number of hydrogen-bond donors (Lipinski definition) is 7. The van der Waals surface area contributed by atoms with Gasteiger partial charge in [0.1, 0.15) is 12.1 Å². The number of rotatable bonds is 14. The van der Waals surface area contributed by atoms with Crippen molar-refractivity contribution in [2.24, 2.45) is 17.4 Å². The first kappa shape index (κ1) is 28.3. The van der Waals surface area contributed by atoms with Gasteiger partial charge in [-0.2, -0.15) is 0 Å². The zero-order valence-electron chi connectivity index (χ0n) is 20.4. The molecule has 0 saturated carbocycles. The fraction of sp³-hybridized carbons (Fsp3) is 0.458. The first-order chi connectivity index (χ1) is 17.0. The highest BCUT2D eigenvalue weighted by atomic mass is 16.4. The van der Waals surface area contributed by atoms with Gasteiger partial charge in [0.25, 0.3) is 0 Å². The van der Waals surface area contributed by atoms with Gasteiger partial charge in [0.15, 0.2) is 0 Å². The molecule has 0 aliphatic heterocycles. The predicted octanol–water partition coefficient (Wildman–Crippen LogP) is -0.480. The Balaban J connectivity index is 2.14. The molecule has 0 saturated heterocycles. The summed E-state index contributed by atoms with van der Waals surface area (Å²) in [7, 11) is 0. The van der Waals surface area contributed by atoms with Gasteiger partial charge >= 0.3 is 5.97 Å². The Kier molecular flexibility index (Phi) is 10.4. The van der Waals surface area contributed by atoms with E-state index in [1.807, 2.05) is 38.1 Å². The van der Waals surface area contributed by atoms with Crippen molar-refractivity contribution in [1.29, 1.82) is 0 Å². The number of aromatic nitrogens is 1. The Morgan fingerprint density at radius 3 is 2.36 bits per heavy atom. The van der Waals surface area contributed by atoms with Crippen LogP contribution < -0.4 is 27.4 Å². The number of fused-ring (bicyclic) bond motifs is 1. The minimum Gasteiger partial charge on any atom is -0.480 e. The number of carboxylic acid groups (broad SMARTS) is 1. The van der Waals surface area contributed by atoms with Crippen LogP contribution in [0.5, 0.6) is 0 Å². The molecule has 0 spiro atoms. The Bertz CT molecular complexity index is 1100. The maximum absolute atomic E-state index is 13.0. The number of carbonyl (C=O) groups excluding carboxylic acids is 4. The van der Waals surface area contributed by atoms with Gasteiger partial charge in [-0.3, -0.25) is 19.2 Å². The van der Waals surface area contributed by atoms with Crippen LogP contribution >= 0.6 is 0 Å². The van der Waals surface area contributed by atoms with E-state index in [9.17, 15) is 29.1 Å². The van der Waals surface area contributed by atoms with Crippen LogP contribution in [0.4, 0.5) is 0 Å². The minimum atomic E-state index is -1.37. The first-order valence-corrected chi connectivity index (χ1v) is 11.7. The molecule has 3 atom stereocenters. The molecular weight excluding hydrogens is 468 g/mol. The Labute approximate surface area is 208 Å². The fourth-order valence-electron chi connectivity index (χ4n) is 3.70. The number of carbonyl (C=O) groups is 5. The van der Waals surface area contributed by atoms with Crippen LogP contribution in [-0.2, 0) is 30.4 Å². The molecule has 4 amide bonds. The summed E-state index contributed by atoms with van der Waals surface area (Å²) in [6.45, 7) is 3.43. The number of nitrogens with two attached hydrogens (primary N) is 2. The van der Waals surface area contributed by atoms with Gasteiger partial charge in [0.05, 0.1) is 12.6 Å². The van der Waals surface area contributed by atoms with Crippen molar-refractivity contribution in [3.63, 3.8) is 0 Å². The van der Waals surface area contributed by atoms with Crippen LogP contribution in [0.25, 0.3) is 10.9 Å². The monoisotopic (exact) mass is 502 g/mol. The van der Waals surface area contributed by atoms with Crippen LogP contribution in [0.1, 0.15) is 38.7 Å². The van der Waals surface area contributed by atoms with Crippen molar-refractivity contribution in [2.45, 2.75) is 57.7 Å². The van der Waals surface area contributed by atoms with Gasteiger partial charge < -0.3 is 37.5 Å². The van der Waals surface area contributed by atoms with E-state index in [1.54, 1.807) is 6.20 Å². The highest BCUT2D eigenvalue weighted by Gasteiger charge is 2.28. The maximum atomic E-state index is 13.0. The second kappa shape index (κ2) is 13.2. The quantitative estimate of drug-likeness (QED) is 0.180. The van der Waals surface area contributed by atoms with Crippen molar-refractivity contribution in [1.82, 2.24) is 20.9 Å². The van der Waals surface area contributed by atoms with E-state index in [-0.39, 0.29) is 25.2 Å². The Morgan fingerprint density at radius 1 is 1.03 bits per heavy atom. The standard InChI is InChI=1S/C24H34N6O6/c1-13(2)9-16(25)22(33)28-12-21(32)29-19(10-14-11-27-17-6-4-3-5-15(14)17)23(34)30-18(24(35)36)7-8-20(26)31/h3-6,11,13,16,18-19,27H,7-10,12,25H2,1-2H3,(H2,26,31)(H,28,33)(H,29,32)(H,30,34)(H,35,36). The van der Waals surface area contributed by atoms with E-state index in [2.05, 4.69) is 20.9 Å². The molecule has 196 valence electrons. The van der Waals surface area contributed by atoms with E-state index in [1.165, 1.54) is 0 Å². The maximum Gasteiger partial charge on any atom is 0.326 e. The number of benzene rings is 1. The lowest BCUT2D eigenvalue weighted by Crippen LogP contribution is -2.54. The van der Waals surface area contributed by atoms with E-state index in [4.69, 9.17) is 11.5 Å². The molecule has 2 rings (SSSR count). The van der Waals surface area contributed by atoms with E-state index in [0.717, 1.165) is 16.5 Å². The van der Waals surface area contributed by atoms with E-state index >= 15 is 0 Å². The molecule has 1 aromatic heterocycles. The molecule has 0 aliphatic rings. The van der Waals surface area contributed by atoms with Gasteiger partial charge in [-0.1, -0.05) is 32.0 Å². The van der Waals surface area contributed by atoms with Crippen molar-refractivity contribution in [3.8, 4) is 0 Å². The first-order valence-electron chi connectivity index (χ1n) is 11.7. The van der Waals surface area contributed by atoms with Gasteiger partial charge in [0.2, 0.25) is 23.6 Å². The normalized spacial score (nSPS) is 13.6. The van der Waals surface area contributed by atoms with Gasteiger partial charge in [-0.05, 0) is 30.4 Å². The number of primary amides is 1. The summed E-state index contributed by atoms with van der Waals surface area (Å²) in [5, 5.41) is 17.6. The number of carboxylic acids is 1. The van der Waals surface area contributed by atoms with Crippen molar-refractivity contribution < 1.29 is 29.1 Å². The Hall–Kier alpha value is -3.93. The van der Waals surface area contributed by atoms with Crippen LogP contribution in [0.15, 0.2) is 30.5 Å². The lowest BCUT2D eigenvalue weighted by molar-refractivity contribution is -0.142. The third-order valence-corrected chi connectivity index (χ3v) is 5.53. The summed E-state index contributed by atoms with van der Waals surface area (Å²) in [4.78, 5) is 63.5. The lowest BCUT2D eigenvalue weighted by atomic mass is 10.0. The van der Waals surface area contributed by atoms with Crippen LogP contribution in [-0.4, -0.2) is 64.4 Å². The number of aliphatic carboxylic acids is 1. The molecule has 0 bridgehead atoms. The zero-order chi connectivity index (χ0) is 26.8. The molecule has 0 fully saturated rings. The molecular formula is C24H34N6O6. The number of amides is 4. The summed E-state index contributed by atoms with van der Waals surface area (Å²) in [5.74, 6) is -3.74. The predicted molar refractivity (Wildman–Crippen MR) is 132 cm³/mol. The zero-order valence-corrected chi connectivity index (χ0v) is 20.4. The largest absolute Gasteiger partial charge is 0.480 e. The van der Waals surface area contributed by atoms with Crippen LogP contribution in [0.2, 0.25) is 0 Å². The van der Waals surface area contributed by atoms with E-state index in [0.29, 0.717) is 6.42 Å². The van der Waals surface area contributed by atoms with Gasteiger partial charge in [0, 0.05) is 29.9 Å². The average Bonchev–Trinajstić information content (AvgIpc) is 3.21. The summed E-state index contributed by atoms with van der Waals surface area (Å²) in [6.07, 6.45) is 1.75. The number of para-hydroxylation sites is 1. The number of hydrogen-bond acceptors (Lipinski definition) is 6. The van der Waals surface area contributed by atoms with Crippen molar-refractivity contribution in [2.75, 3.05) is 6.54 Å². The summed E-state index contributed by atoms with van der Waals surface area (Å²) in [6, 6.07) is 4.07. The molecule has 12 heteroatoms. The van der Waals surface area contributed by atoms with E-state index < -0.39 is 54.3 Å². The molecule has 9 N–H and O–H groups in total. The second-order valence-electron chi connectivity index (χ2n) is 9.04. The minimum absolute atomic E-state index is 0.0462. The SMILES string of the molecule is CC(C)CC(N)C(=O)NCC(=O)NC(Cc1c[nH]c2ccccc12)C(=O)NC(CCC(N)=O)C(=O)O. The highest BCUT2D eigenvalue weighted by Crippen LogP contribution is 2.19. The number of H-pyrrole nitrogens is 1. The molecule has 1 heterocycles. The van der Waals surface area contributed by atoms with Gasteiger partial charge in [-0.15, -0.1) is 0 Å². The Morgan fingerprint density at radius 2 is 1.72 bits per heavy atom. The van der Waals surface area contributed by atoms with Crippen LogP contribution in [0.3, 0.4) is 0 Å². The molecule has 0 aliphatic carbocycles. The number of aromatic amines is 1. The molecule has 1 aromatic carbocycles. The third-order valence-electron chi connectivity index (χ3n) is 5.53. The second-order valence-corrected chi connectivity index (χ2v) is 9.04. The molecule has 12 nitrogen and oxygen atoms in total. The lowest BCUT2D eigenvalue weighted by Gasteiger charge is -2.22. The highest BCUT2D eigenvalue weighted by molar-refractivity contribution is 5.93. The molecule has 36 heavy (non-hydrogen) atoms. The fourth-order valence-corrected chi connectivity index (χ4v) is 3.70. The molecule has 0 radical (unpaired) electrons. The topological polar surface area (TPSA) is 209 Å². The van der Waals surface area contributed by atoms with Crippen molar-refractivity contribution in [3.05, 3.63) is 36.0 Å². The van der Waals surface area contributed by atoms with Gasteiger partial charge in [-0.25, -0.2) is 4.79 Å². The average molecular weight is 503 g/mol. The summed E-state index contributed by atoms with van der Waals surface area (Å²) in [5.41, 5.74) is 12.5. The smallest absolute Gasteiger partial charge is 0.326 e. The molecule has 2 aromatic rings. The van der Waals surface area contributed by atoms with Crippen LogP contribution in [0, 0.1) is 5.92 Å².